The van der Waals surface area contributed by atoms with E-state index in [1.807, 2.05) is 23.0 Å². The van der Waals surface area contributed by atoms with Crippen molar-refractivity contribution in [3.05, 3.63) is 41.3 Å². The fraction of sp³-hybridized carbons (Fsp3) is 0.467. The quantitative estimate of drug-likeness (QED) is 0.917. The molecular weight excluding hydrogens is 236 g/mol. The van der Waals surface area contributed by atoms with Crippen LogP contribution in [-0.2, 0) is 6.54 Å². The van der Waals surface area contributed by atoms with Gasteiger partial charge in [0.1, 0.15) is 0 Å². The lowest BCUT2D eigenvalue weighted by molar-refractivity contribution is 0.741. The van der Waals surface area contributed by atoms with Crippen molar-refractivity contribution in [2.24, 2.45) is 5.73 Å². The maximum absolute atomic E-state index is 5.76. The standard InChI is InChI=1S/C15H22N4/c1-10(2)13-5-6-19(18-13)15-8-12(9-16)7-14(17-15)11(3)4/h5-8,10-11H,9,16H2,1-4H3. The first kappa shape index (κ1) is 13.7. The largest absolute Gasteiger partial charge is 0.326 e. The van der Waals surface area contributed by atoms with Crippen LogP contribution >= 0.6 is 0 Å². The summed E-state index contributed by atoms with van der Waals surface area (Å²) in [5, 5.41) is 4.57. The van der Waals surface area contributed by atoms with Crippen molar-refractivity contribution in [2.45, 2.75) is 46.1 Å². The second kappa shape index (κ2) is 5.53. The lowest BCUT2D eigenvalue weighted by Crippen LogP contribution is -2.07. The number of rotatable bonds is 4. The minimum atomic E-state index is 0.380. The summed E-state index contributed by atoms with van der Waals surface area (Å²) in [7, 11) is 0. The summed E-state index contributed by atoms with van der Waals surface area (Å²) >= 11 is 0. The Bertz CT molecular complexity index is 555. The second-order valence-corrected chi connectivity index (χ2v) is 5.46. The van der Waals surface area contributed by atoms with Crippen LogP contribution in [0.5, 0.6) is 0 Å². The molecule has 0 saturated heterocycles. The lowest BCUT2D eigenvalue weighted by Gasteiger charge is -2.10. The molecule has 0 radical (unpaired) electrons. The highest BCUT2D eigenvalue weighted by Gasteiger charge is 2.09. The molecule has 4 heteroatoms. The third kappa shape index (κ3) is 3.01. The SMILES string of the molecule is CC(C)c1cc(CN)cc(-n2ccc(C(C)C)n2)n1. The fourth-order valence-corrected chi connectivity index (χ4v) is 1.90. The minimum absolute atomic E-state index is 0.380. The molecule has 0 spiro atoms. The Morgan fingerprint density at radius 2 is 1.79 bits per heavy atom. The fourth-order valence-electron chi connectivity index (χ4n) is 1.90. The highest BCUT2D eigenvalue weighted by Crippen LogP contribution is 2.18. The van der Waals surface area contributed by atoms with E-state index in [0.717, 1.165) is 22.8 Å². The highest BCUT2D eigenvalue weighted by molar-refractivity contribution is 5.32. The van der Waals surface area contributed by atoms with E-state index in [4.69, 9.17) is 5.73 Å². The molecule has 19 heavy (non-hydrogen) atoms. The minimum Gasteiger partial charge on any atom is -0.326 e. The molecule has 2 aromatic rings. The van der Waals surface area contributed by atoms with Crippen LogP contribution in [0.3, 0.4) is 0 Å². The van der Waals surface area contributed by atoms with E-state index < -0.39 is 0 Å². The first-order valence-corrected chi connectivity index (χ1v) is 6.78. The molecule has 0 aliphatic carbocycles. The molecule has 0 saturated carbocycles. The van der Waals surface area contributed by atoms with Crippen LogP contribution in [0.15, 0.2) is 24.4 Å². The molecule has 0 fully saturated rings. The van der Waals surface area contributed by atoms with Gasteiger partial charge in [0.25, 0.3) is 0 Å². The van der Waals surface area contributed by atoms with Crippen molar-refractivity contribution in [3.63, 3.8) is 0 Å². The summed E-state index contributed by atoms with van der Waals surface area (Å²) in [6.07, 6.45) is 1.96. The molecule has 0 aliphatic heterocycles. The van der Waals surface area contributed by atoms with Crippen molar-refractivity contribution >= 4 is 0 Å². The van der Waals surface area contributed by atoms with E-state index in [1.165, 1.54) is 0 Å². The van der Waals surface area contributed by atoms with Crippen LogP contribution in [0.2, 0.25) is 0 Å². The molecule has 2 rings (SSSR count). The Kier molecular flexibility index (Phi) is 4.00. The molecule has 0 aliphatic rings. The molecule has 2 heterocycles. The van der Waals surface area contributed by atoms with Crippen LogP contribution in [0.4, 0.5) is 0 Å². The topological polar surface area (TPSA) is 56.7 Å². The van der Waals surface area contributed by atoms with E-state index in [9.17, 15) is 0 Å². The zero-order chi connectivity index (χ0) is 14.0. The molecule has 2 aromatic heterocycles. The van der Waals surface area contributed by atoms with Gasteiger partial charge in [-0.25, -0.2) is 9.67 Å². The highest BCUT2D eigenvalue weighted by atomic mass is 15.3. The van der Waals surface area contributed by atoms with Crippen LogP contribution in [0.1, 0.15) is 56.5 Å². The summed E-state index contributed by atoms with van der Waals surface area (Å²) < 4.78 is 1.83. The zero-order valence-corrected chi connectivity index (χ0v) is 12.1. The van der Waals surface area contributed by atoms with E-state index >= 15 is 0 Å². The van der Waals surface area contributed by atoms with Crippen molar-refractivity contribution in [1.82, 2.24) is 14.8 Å². The van der Waals surface area contributed by atoms with Crippen LogP contribution in [-0.4, -0.2) is 14.8 Å². The maximum atomic E-state index is 5.76. The number of hydrogen-bond acceptors (Lipinski definition) is 3. The summed E-state index contributed by atoms with van der Waals surface area (Å²) in [4.78, 5) is 4.67. The molecular formula is C15H22N4. The Labute approximate surface area is 114 Å². The molecule has 0 bridgehead atoms. The van der Waals surface area contributed by atoms with Gasteiger partial charge in [-0.2, -0.15) is 5.10 Å². The average Bonchev–Trinajstić information content (AvgIpc) is 2.87. The summed E-state index contributed by atoms with van der Waals surface area (Å²) in [6.45, 7) is 9.06. The molecule has 0 atom stereocenters. The first-order valence-electron chi connectivity index (χ1n) is 6.78. The van der Waals surface area contributed by atoms with Crippen molar-refractivity contribution < 1.29 is 0 Å². The normalized spacial score (nSPS) is 11.5. The molecule has 4 nitrogen and oxygen atoms in total. The molecule has 0 unspecified atom stereocenters. The Balaban J connectivity index is 2.45. The molecule has 2 N–H and O–H groups in total. The summed E-state index contributed by atoms with van der Waals surface area (Å²) in [5.41, 5.74) is 8.98. The monoisotopic (exact) mass is 258 g/mol. The van der Waals surface area contributed by atoms with E-state index in [1.54, 1.807) is 0 Å². The van der Waals surface area contributed by atoms with Gasteiger partial charge in [0, 0.05) is 18.4 Å². The molecule has 102 valence electrons. The lowest BCUT2D eigenvalue weighted by atomic mass is 10.1. The number of aromatic nitrogens is 3. The van der Waals surface area contributed by atoms with Gasteiger partial charge in [-0.3, -0.25) is 0 Å². The molecule has 0 aromatic carbocycles. The maximum Gasteiger partial charge on any atom is 0.153 e. The van der Waals surface area contributed by atoms with Crippen molar-refractivity contribution in [2.75, 3.05) is 0 Å². The average molecular weight is 258 g/mol. The van der Waals surface area contributed by atoms with Crippen molar-refractivity contribution in [3.8, 4) is 5.82 Å². The van der Waals surface area contributed by atoms with Gasteiger partial charge < -0.3 is 5.73 Å². The van der Waals surface area contributed by atoms with Gasteiger partial charge >= 0.3 is 0 Å². The van der Waals surface area contributed by atoms with Crippen LogP contribution in [0, 0.1) is 0 Å². The van der Waals surface area contributed by atoms with Gasteiger partial charge in [0.2, 0.25) is 0 Å². The predicted molar refractivity (Wildman–Crippen MR) is 77.4 cm³/mol. The van der Waals surface area contributed by atoms with Gasteiger partial charge in [0.05, 0.1) is 5.69 Å². The Morgan fingerprint density at radius 1 is 1.11 bits per heavy atom. The number of pyridine rings is 1. The Hall–Kier alpha value is -1.68. The van der Waals surface area contributed by atoms with Gasteiger partial charge in [0.15, 0.2) is 5.82 Å². The third-order valence-corrected chi connectivity index (χ3v) is 3.15. The smallest absolute Gasteiger partial charge is 0.153 e. The number of nitrogens with zero attached hydrogens (tertiary/aromatic N) is 3. The molecule has 0 amide bonds. The third-order valence-electron chi connectivity index (χ3n) is 3.15. The van der Waals surface area contributed by atoms with E-state index in [2.05, 4.69) is 43.8 Å². The van der Waals surface area contributed by atoms with Gasteiger partial charge in [-0.1, -0.05) is 27.7 Å². The van der Waals surface area contributed by atoms with Gasteiger partial charge in [-0.15, -0.1) is 0 Å². The zero-order valence-electron chi connectivity index (χ0n) is 12.1. The van der Waals surface area contributed by atoms with E-state index in [-0.39, 0.29) is 0 Å². The number of hydrogen-bond donors (Lipinski definition) is 1. The summed E-state index contributed by atoms with van der Waals surface area (Å²) in [5.74, 6) is 1.65. The van der Waals surface area contributed by atoms with E-state index in [0.29, 0.717) is 18.4 Å². The predicted octanol–water partition coefficient (Wildman–Crippen LogP) is 2.97. The van der Waals surface area contributed by atoms with Crippen molar-refractivity contribution in [1.29, 1.82) is 0 Å². The van der Waals surface area contributed by atoms with Crippen LogP contribution in [0.25, 0.3) is 5.82 Å². The number of nitrogens with two attached hydrogens (primary N) is 1. The Morgan fingerprint density at radius 3 is 2.32 bits per heavy atom. The van der Waals surface area contributed by atoms with Gasteiger partial charge in [-0.05, 0) is 35.6 Å². The second-order valence-electron chi connectivity index (χ2n) is 5.46. The van der Waals surface area contributed by atoms with Crippen LogP contribution < -0.4 is 5.73 Å². The summed E-state index contributed by atoms with van der Waals surface area (Å²) in [6, 6.07) is 6.11. The first-order chi connectivity index (χ1) is 9.01.